The first-order chi connectivity index (χ1) is 14.2. The summed E-state index contributed by atoms with van der Waals surface area (Å²) in [5, 5.41) is 13.3. The van der Waals surface area contributed by atoms with Crippen molar-refractivity contribution in [2.24, 2.45) is 0 Å². The minimum Gasteiger partial charge on any atom is -0.346 e. The third kappa shape index (κ3) is 3.85. The van der Waals surface area contributed by atoms with Gasteiger partial charge in [-0.15, -0.1) is 17.0 Å². The molecule has 0 spiro atoms. The molecule has 0 bridgehead atoms. The van der Waals surface area contributed by atoms with Crippen LogP contribution in [0.4, 0.5) is 5.69 Å². The number of nitrogens with zero attached hydrogens (tertiary/aromatic N) is 2. The highest BCUT2D eigenvalue weighted by molar-refractivity contribution is 8.93. The predicted octanol–water partition coefficient (Wildman–Crippen LogP) is 5.79. The topological polar surface area (TPSA) is 26.5 Å². The highest BCUT2D eigenvalue weighted by Gasteiger charge is 2.55. The molecule has 30 heavy (non-hydrogen) atoms. The van der Waals surface area contributed by atoms with Crippen LogP contribution in [-0.2, 0) is 5.72 Å². The summed E-state index contributed by atoms with van der Waals surface area (Å²) in [4.78, 5) is 2.20. The van der Waals surface area contributed by atoms with Gasteiger partial charge in [0.1, 0.15) is 5.69 Å². The van der Waals surface area contributed by atoms with Crippen LogP contribution in [0.3, 0.4) is 0 Å². The predicted molar refractivity (Wildman–Crippen MR) is 132 cm³/mol. The van der Waals surface area contributed by atoms with Crippen LogP contribution < -0.4 is 4.90 Å². The fourth-order valence-corrected chi connectivity index (χ4v) is 6.42. The quantitative estimate of drug-likeness (QED) is 0.554. The lowest BCUT2D eigenvalue weighted by Gasteiger charge is -2.30. The van der Waals surface area contributed by atoms with E-state index >= 15 is 0 Å². The van der Waals surface area contributed by atoms with Crippen molar-refractivity contribution in [3.63, 3.8) is 0 Å². The number of thioether (sulfide) groups is 1. The first kappa shape index (κ1) is 21.9. The van der Waals surface area contributed by atoms with E-state index in [1.807, 2.05) is 11.8 Å². The van der Waals surface area contributed by atoms with Crippen molar-refractivity contribution in [2.75, 3.05) is 23.7 Å². The van der Waals surface area contributed by atoms with Crippen molar-refractivity contribution in [1.82, 2.24) is 0 Å². The lowest BCUT2D eigenvalue weighted by Crippen LogP contribution is -2.47. The number of hydrogen-bond acceptors (Lipinski definition) is 3. The Bertz CT molecular complexity index is 923. The monoisotopic (exact) mass is 487 g/mol. The summed E-state index contributed by atoms with van der Waals surface area (Å²) in [6.45, 7) is 3.79. The maximum atomic E-state index is 12.1. The number of hydrogen-bond donors (Lipinski definition) is 1. The maximum Gasteiger partial charge on any atom is 0.316 e. The smallest absolute Gasteiger partial charge is 0.316 e. The van der Waals surface area contributed by atoms with Crippen LogP contribution in [-0.4, -0.2) is 33.7 Å². The Hall–Kier alpha value is -1.30. The van der Waals surface area contributed by atoms with Gasteiger partial charge in [0.2, 0.25) is 0 Å². The standard InChI is InChI=1S/C25H31N2OS.BrH/c1-19-8-5-6-11-23(19)27-24-26(16-7-17-29-24)18-25(27,28)22-14-12-21(13-15-22)20-9-3-2-4-10-20;/h5-6,8,11-15,20,28H,2-4,7,9-10,16-18H2,1H3;1H/q+1;. The Kier molecular flexibility index (Phi) is 6.61. The molecule has 5 heteroatoms. The zero-order valence-electron chi connectivity index (χ0n) is 17.7. The average molecular weight is 489 g/mol. The number of benzene rings is 2. The van der Waals surface area contributed by atoms with E-state index in [9.17, 15) is 5.11 Å². The van der Waals surface area contributed by atoms with Crippen molar-refractivity contribution in [2.45, 2.75) is 57.1 Å². The molecule has 1 atom stereocenters. The van der Waals surface area contributed by atoms with Gasteiger partial charge in [-0.3, -0.25) is 0 Å². The molecule has 1 saturated carbocycles. The minimum atomic E-state index is -1.02. The Balaban J connectivity index is 0.00000218. The van der Waals surface area contributed by atoms with Gasteiger partial charge in [-0.1, -0.05) is 61.7 Å². The zero-order chi connectivity index (χ0) is 19.8. The van der Waals surface area contributed by atoms with Crippen LogP contribution in [0, 0.1) is 6.92 Å². The Morgan fingerprint density at radius 1 is 1.00 bits per heavy atom. The van der Waals surface area contributed by atoms with Crippen molar-refractivity contribution < 1.29 is 9.68 Å². The highest BCUT2D eigenvalue weighted by atomic mass is 79.9. The van der Waals surface area contributed by atoms with E-state index in [1.54, 1.807) is 0 Å². The Morgan fingerprint density at radius 2 is 1.73 bits per heavy atom. The largest absolute Gasteiger partial charge is 0.346 e. The molecule has 2 aromatic carbocycles. The fraction of sp³-hybridized carbons (Fsp3) is 0.480. The van der Waals surface area contributed by atoms with E-state index in [0.29, 0.717) is 12.5 Å². The van der Waals surface area contributed by atoms with Crippen LogP contribution in [0.5, 0.6) is 0 Å². The second kappa shape index (κ2) is 9.05. The molecule has 1 unspecified atom stereocenters. The fourth-order valence-electron chi connectivity index (χ4n) is 5.25. The zero-order valence-corrected chi connectivity index (χ0v) is 20.2. The molecule has 3 nitrogen and oxygen atoms in total. The van der Waals surface area contributed by atoms with E-state index in [1.165, 1.54) is 54.8 Å². The van der Waals surface area contributed by atoms with Gasteiger partial charge in [-0.25, -0.2) is 4.58 Å². The van der Waals surface area contributed by atoms with Gasteiger partial charge >= 0.3 is 5.17 Å². The van der Waals surface area contributed by atoms with Crippen molar-refractivity contribution in [3.05, 3.63) is 65.2 Å². The van der Waals surface area contributed by atoms with Crippen LogP contribution in [0.15, 0.2) is 48.5 Å². The van der Waals surface area contributed by atoms with Crippen LogP contribution >= 0.6 is 28.7 Å². The second-order valence-electron chi connectivity index (χ2n) is 8.80. The van der Waals surface area contributed by atoms with E-state index in [0.717, 1.165) is 23.5 Å². The number of halogens is 1. The highest BCUT2D eigenvalue weighted by Crippen LogP contribution is 2.41. The van der Waals surface area contributed by atoms with Gasteiger partial charge in [-0.2, -0.15) is 4.90 Å². The minimum absolute atomic E-state index is 0. The number of aryl methyl sites for hydroxylation is 1. The molecular formula is C25H32BrN2OS+. The summed E-state index contributed by atoms with van der Waals surface area (Å²) in [6.07, 6.45) is 7.87. The first-order valence-corrected chi connectivity index (χ1v) is 12.1. The lowest BCUT2D eigenvalue weighted by molar-refractivity contribution is -0.532. The number of para-hydroxylation sites is 1. The van der Waals surface area contributed by atoms with Crippen LogP contribution in [0.25, 0.3) is 0 Å². The Morgan fingerprint density at radius 3 is 2.47 bits per heavy atom. The van der Waals surface area contributed by atoms with E-state index in [-0.39, 0.29) is 17.0 Å². The molecule has 160 valence electrons. The molecule has 5 rings (SSSR count). The molecule has 2 aromatic rings. The van der Waals surface area contributed by atoms with Gasteiger partial charge in [0.15, 0.2) is 6.54 Å². The SMILES string of the molecule is Br.Cc1ccccc1N1C2=[N+](CCCS2)CC1(O)c1ccc(C2CCCCC2)cc1. The number of amidine groups is 1. The molecule has 3 aliphatic rings. The summed E-state index contributed by atoms with van der Waals surface area (Å²) in [7, 11) is 0. The van der Waals surface area contributed by atoms with Gasteiger partial charge in [0, 0.05) is 11.3 Å². The van der Waals surface area contributed by atoms with E-state index in [2.05, 4.69) is 64.9 Å². The molecule has 1 N–H and O–H groups in total. The van der Waals surface area contributed by atoms with Gasteiger partial charge in [0.25, 0.3) is 5.72 Å². The average Bonchev–Trinajstić information content (AvgIpc) is 3.08. The lowest BCUT2D eigenvalue weighted by atomic mass is 9.83. The van der Waals surface area contributed by atoms with E-state index in [4.69, 9.17) is 0 Å². The molecular weight excluding hydrogens is 456 g/mol. The summed E-state index contributed by atoms with van der Waals surface area (Å²) in [6, 6.07) is 17.3. The second-order valence-corrected chi connectivity index (χ2v) is 9.86. The third-order valence-corrected chi connectivity index (χ3v) is 8.04. The molecule has 0 aromatic heterocycles. The molecule has 2 aliphatic heterocycles. The summed E-state index contributed by atoms with van der Waals surface area (Å²) >= 11 is 1.88. The van der Waals surface area contributed by atoms with E-state index < -0.39 is 5.72 Å². The van der Waals surface area contributed by atoms with Gasteiger partial charge < -0.3 is 5.11 Å². The van der Waals surface area contributed by atoms with Crippen LogP contribution in [0.1, 0.15) is 61.1 Å². The van der Waals surface area contributed by atoms with Crippen molar-refractivity contribution in [3.8, 4) is 0 Å². The number of aliphatic hydroxyl groups is 1. The molecule has 0 saturated heterocycles. The molecule has 1 fully saturated rings. The Labute approximate surface area is 195 Å². The molecule has 1 aliphatic carbocycles. The molecule has 0 radical (unpaired) electrons. The molecule has 0 amide bonds. The van der Waals surface area contributed by atoms with Crippen molar-refractivity contribution >= 4 is 39.6 Å². The van der Waals surface area contributed by atoms with Gasteiger partial charge in [-0.05, 0) is 61.1 Å². The van der Waals surface area contributed by atoms with Gasteiger partial charge in [0.05, 0.1) is 6.54 Å². The summed E-state index contributed by atoms with van der Waals surface area (Å²) in [5.41, 5.74) is 3.73. The first-order valence-electron chi connectivity index (χ1n) is 11.1. The summed E-state index contributed by atoms with van der Waals surface area (Å²) < 4.78 is 2.37. The number of anilines is 1. The third-order valence-electron chi connectivity index (χ3n) is 6.85. The maximum absolute atomic E-state index is 12.1. The number of rotatable bonds is 3. The van der Waals surface area contributed by atoms with Crippen molar-refractivity contribution in [1.29, 1.82) is 0 Å². The normalized spacial score (nSPS) is 24.5. The van der Waals surface area contributed by atoms with Crippen LogP contribution in [0.2, 0.25) is 0 Å². The summed E-state index contributed by atoms with van der Waals surface area (Å²) in [5.74, 6) is 1.81. The molecule has 2 heterocycles.